The highest BCUT2D eigenvalue weighted by molar-refractivity contribution is 5.85. The third kappa shape index (κ3) is 4.35. The fourth-order valence-corrected chi connectivity index (χ4v) is 5.94. The topological polar surface area (TPSA) is 115 Å². The molecule has 2 aliphatic heterocycles. The zero-order valence-electron chi connectivity index (χ0n) is 23.0. The maximum atomic E-state index is 11.5. The van der Waals surface area contributed by atoms with Crippen LogP contribution in [-0.4, -0.2) is 36.1 Å². The minimum atomic E-state index is -0.802. The Balaban J connectivity index is 1.92. The molecule has 0 saturated heterocycles. The van der Waals surface area contributed by atoms with E-state index in [0.29, 0.717) is 6.42 Å². The summed E-state index contributed by atoms with van der Waals surface area (Å²) in [5.41, 5.74) is 13.8. The molecular formula is C31H36N4O3. The number of nitrogens with zero attached hydrogens (tertiary/aromatic N) is 2. The van der Waals surface area contributed by atoms with Crippen LogP contribution in [0.25, 0.3) is 33.7 Å². The van der Waals surface area contributed by atoms with E-state index in [4.69, 9.17) is 9.97 Å². The molecule has 0 aliphatic carbocycles. The fraction of sp³-hybridized carbons (Fsp3) is 0.387. The lowest BCUT2D eigenvalue weighted by Gasteiger charge is -2.16. The largest absolute Gasteiger partial charge is 0.481 e. The average molecular weight is 513 g/mol. The smallest absolute Gasteiger partial charge is 0.303 e. The fourth-order valence-electron chi connectivity index (χ4n) is 5.94. The maximum Gasteiger partial charge on any atom is 0.303 e. The van der Waals surface area contributed by atoms with E-state index in [1.807, 2.05) is 13.8 Å². The zero-order valence-corrected chi connectivity index (χ0v) is 23.0. The Kier molecular flexibility index (Phi) is 6.73. The summed E-state index contributed by atoms with van der Waals surface area (Å²) in [5, 5.41) is 19.7. The number of aliphatic hydroxyl groups excluding tert-OH is 1. The monoisotopic (exact) mass is 512 g/mol. The van der Waals surface area contributed by atoms with Crippen LogP contribution >= 0.6 is 0 Å². The van der Waals surface area contributed by atoms with E-state index in [1.54, 1.807) is 0 Å². The minimum Gasteiger partial charge on any atom is -0.481 e. The summed E-state index contributed by atoms with van der Waals surface area (Å²) < 4.78 is 0. The molecule has 2 atom stereocenters. The summed E-state index contributed by atoms with van der Waals surface area (Å²) in [5.74, 6) is -0.773. The van der Waals surface area contributed by atoms with Crippen LogP contribution in [0, 0.1) is 20.8 Å². The Labute approximate surface area is 222 Å². The first-order valence-electron chi connectivity index (χ1n) is 13.4. The SMILES string of the molecule is CCc1c(C)c2cc3[nH]c(cc4nc(c(C)c5nc(cc1[nH]2)C(C)=C5)[C@@H](CCC(=O)O)C4C)c(C)c3CO. The number of aryl methyl sites for hydroxylation is 3. The van der Waals surface area contributed by atoms with Gasteiger partial charge in [0.2, 0.25) is 0 Å². The van der Waals surface area contributed by atoms with Crippen molar-refractivity contribution in [3.05, 3.63) is 68.8 Å². The molecule has 0 radical (unpaired) electrons. The number of nitrogens with one attached hydrogen (secondary N) is 2. The van der Waals surface area contributed by atoms with E-state index in [0.717, 1.165) is 73.5 Å². The molecule has 38 heavy (non-hydrogen) atoms. The van der Waals surface area contributed by atoms with E-state index in [-0.39, 0.29) is 24.9 Å². The second kappa shape index (κ2) is 9.87. The van der Waals surface area contributed by atoms with Crippen molar-refractivity contribution in [1.82, 2.24) is 19.9 Å². The summed E-state index contributed by atoms with van der Waals surface area (Å²) in [6.07, 6.45) is 3.58. The van der Waals surface area contributed by atoms with Gasteiger partial charge in [0.25, 0.3) is 0 Å². The van der Waals surface area contributed by atoms with Gasteiger partial charge in [0.05, 0.1) is 18.0 Å². The molecule has 8 bridgehead atoms. The Hall–Kier alpha value is -3.71. The Morgan fingerprint density at radius 1 is 0.921 bits per heavy atom. The number of aromatic amines is 2. The number of aromatic nitrogens is 4. The first kappa shape index (κ1) is 25.9. The van der Waals surface area contributed by atoms with Gasteiger partial charge in [-0.15, -0.1) is 0 Å². The van der Waals surface area contributed by atoms with E-state index in [1.165, 1.54) is 11.1 Å². The molecule has 7 nitrogen and oxygen atoms in total. The lowest BCUT2D eigenvalue weighted by Crippen LogP contribution is -2.07. The molecule has 4 N–H and O–H groups in total. The van der Waals surface area contributed by atoms with E-state index >= 15 is 0 Å². The van der Waals surface area contributed by atoms with E-state index in [9.17, 15) is 15.0 Å². The quantitative estimate of drug-likeness (QED) is 0.307. The number of carbonyl (C=O) groups is 1. The van der Waals surface area contributed by atoms with Crippen molar-refractivity contribution in [3.63, 3.8) is 0 Å². The number of carboxylic acids is 1. The number of aliphatic carboxylic acids is 1. The molecule has 1 unspecified atom stereocenters. The third-order valence-electron chi connectivity index (χ3n) is 8.38. The lowest BCUT2D eigenvalue weighted by molar-refractivity contribution is -0.137. The summed E-state index contributed by atoms with van der Waals surface area (Å²) >= 11 is 0. The Bertz CT molecular complexity index is 1640. The third-order valence-corrected chi connectivity index (χ3v) is 8.38. The second-order valence-corrected chi connectivity index (χ2v) is 10.6. The molecule has 198 valence electrons. The maximum absolute atomic E-state index is 11.5. The van der Waals surface area contributed by atoms with Gasteiger partial charge >= 0.3 is 5.97 Å². The van der Waals surface area contributed by atoms with Crippen LogP contribution < -0.4 is 0 Å². The standard InChI is InChI=1S/C31H36N4O3/c1-7-20-16(3)26-13-29-22(14-36)18(5)25(34-29)12-27-17(4)21(8-9-30(37)38)31(35-27)19(6)24-10-15(2)23(32-24)11-28(20)33-26/h10-13,17,21,33-34,36H,7-9,14H2,1-6H3,(H,37,38)/t17?,21-/m0/s1. The van der Waals surface area contributed by atoms with Crippen molar-refractivity contribution in [1.29, 1.82) is 0 Å². The highest BCUT2D eigenvalue weighted by atomic mass is 16.4. The number of aliphatic hydroxyl groups is 1. The molecule has 3 aromatic rings. The van der Waals surface area contributed by atoms with Crippen LogP contribution in [0.3, 0.4) is 0 Å². The van der Waals surface area contributed by atoms with Gasteiger partial charge in [-0.2, -0.15) is 0 Å². The van der Waals surface area contributed by atoms with Crippen LogP contribution in [0.2, 0.25) is 0 Å². The Morgan fingerprint density at radius 3 is 2.24 bits per heavy atom. The van der Waals surface area contributed by atoms with Crippen molar-refractivity contribution >= 4 is 39.7 Å². The number of hydrogen-bond donors (Lipinski definition) is 4. The van der Waals surface area contributed by atoms with Crippen molar-refractivity contribution < 1.29 is 15.0 Å². The first-order chi connectivity index (χ1) is 18.1. The molecule has 3 aromatic heterocycles. The lowest BCUT2D eigenvalue weighted by atomic mass is 9.86. The van der Waals surface area contributed by atoms with Crippen molar-refractivity contribution in [3.8, 4) is 0 Å². The molecule has 2 aliphatic rings. The van der Waals surface area contributed by atoms with Gasteiger partial charge in [0.15, 0.2) is 0 Å². The van der Waals surface area contributed by atoms with Gasteiger partial charge in [0, 0.05) is 57.3 Å². The van der Waals surface area contributed by atoms with Crippen LogP contribution in [0.15, 0.2) is 18.2 Å². The molecular weight excluding hydrogens is 476 g/mol. The number of rotatable bonds is 5. The van der Waals surface area contributed by atoms with Gasteiger partial charge in [-0.1, -0.05) is 13.8 Å². The van der Waals surface area contributed by atoms with E-state index < -0.39 is 5.97 Å². The molecule has 0 saturated carbocycles. The number of hydrogen-bond acceptors (Lipinski definition) is 4. The normalized spacial score (nSPS) is 17.1. The summed E-state index contributed by atoms with van der Waals surface area (Å²) in [7, 11) is 0. The first-order valence-corrected chi connectivity index (χ1v) is 13.4. The van der Waals surface area contributed by atoms with Crippen LogP contribution in [0.1, 0.15) is 96.0 Å². The van der Waals surface area contributed by atoms with Crippen molar-refractivity contribution in [2.75, 3.05) is 0 Å². The number of carboxylic acid groups (broad SMARTS) is 1. The Morgan fingerprint density at radius 2 is 1.58 bits per heavy atom. The molecule has 0 aromatic carbocycles. The molecule has 0 spiro atoms. The van der Waals surface area contributed by atoms with Gasteiger partial charge < -0.3 is 20.2 Å². The molecule has 5 rings (SSSR count). The van der Waals surface area contributed by atoms with Gasteiger partial charge in [-0.05, 0) is 92.6 Å². The van der Waals surface area contributed by atoms with Gasteiger partial charge in [-0.25, -0.2) is 4.98 Å². The summed E-state index contributed by atoms with van der Waals surface area (Å²) in [6, 6.07) is 6.25. The second-order valence-electron chi connectivity index (χ2n) is 10.6. The van der Waals surface area contributed by atoms with Gasteiger partial charge in [-0.3, -0.25) is 9.78 Å². The minimum absolute atomic E-state index is 0.0176. The molecule has 7 heteroatoms. The molecule has 5 heterocycles. The summed E-state index contributed by atoms with van der Waals surface area (Å²) in [6.45, 7) is 12.5. The number of H-pyrrole nitrogens is 2. The van der Waals surface area contributed by atoms with Crippen molar-refractivity contribution in [2.24, 2.45) is 0 Å². The molecule has 0 amide bonds. The van der Waals surface area contributed by atoms with Crippen LogP contribution in [-0.2, 0) is 17.8 Å². The van der Waals surface area contributed by atoms with Crippen LogP contribution in [0.4, 0.5) is 0 Å². The number of allylic oxidation sites excluding steroid dienone is 1. The van der Waals surface area contributed by atoms with Gasteiger partial charge in [0.1, 0.15) is 0 Å². The highest BCUT2D eigenvalue weighted by Crippen LogP contribution is 2.42. The van der Waals surface area contributed by atoms with E-state index in [2.05, 4.69) is 61.9 Å². The number of fused-ring (bicyclic) bond motifs is 8. The average Bonchev–Trinajstić information content (AvgIpc) is 3.57. The molecule has 0 fully saturated rings. The van der Waals surface area contributed by atoms with Crippen LogP contribution in [0.5, 0.6) is 0 Å². The zero-order chi connectivity index (χ0) is 27.3. The van der Waals surface area contributed by atoms with Crippen molar-refractivity contribution in [2.45, 2.75) is 79.2 Å². The highest BCUT2D eigenvalue weighted by Gasteiger charge is 2.31. The predicted molar refractivity (Wildman–Crippen MR) is 152 cm³/mol. The summed E-state index contributed by atoms with van der Waals surface area (Å²) in [4.78, 5) is 28.7. The predicted octanol–water partition coefficient (Wildman–Crippen LogP) is 6.61.